The number of fused-ring (bicyclic) bond motifs is 2. The Morgan fingerprint density at radius 1 is 1.33 bits per heavy atom. The smallest absolute Gasteiger partial charge is 0.158 e. The van der Waals surface area contributed by atoms with Crippen molar-refractivity contribution in [2.45, 2.75) is 97.4 Å². The number of allylic oxidation sites excluding steroid dienone is 2. The third kappa shape index (κ3) is 4.29. The third-order valence-electron chi connectivity index (χ3n) is 6.32. The molecule has 0 aromatic rings. The molecular formula is C21H36O3. The Morgan fingerprint density at radius 3 is 2.67 bits per heavy atom. The molecule has 2 rings (SSSR count). The highest BCUT2D eigenvalue weighted by Gasteiger charge is 2.52. The first-order chi connectivity index (χ1) is 11.2. The van der Waals surface area contributed by atoms with Gasteiger partial charge in [-0.2, -0.15) is 0 Å². The summed E-state index contributed by atoms with van der Waals surface area (Å²) in [4.78, 5) is 12.3. The molecule has 3 nitrogen and oxygen atoms in total. The molecule has 2 aliphatic rings. The Labute approximate surface area is 148 Å². The Bertz CT molecular complexity index is 481. The van der Waals surface area contributed by atoms with Crippen LogP contribution >= 0.6 is 0 Å². The van der Waals surface area contributed by atoms with E-state index in [4.69, 9.17) is 9.47 Å². The predicted molar refractivity (Wildman–Crippen MR) is 98.1 cm³/mol. The van der Waals surface area contributed by atoms with Crippen LogP contribution in [0.15, 0.2) is 11.6 Å². The van der Waals surface area contributed by atoms with E-state index in [1.807, 2.05) is 19.9 Å². The highest BCUT2D eigenvalue weighted by molar-refractivity contribution is 5.92. The lowest BCUT2D eigenvalue weighted by atomic mass is 9.88. The van der Waals surface area contributed by atoms with Gasteiger partial charge in [-0.25, -0.2) is 0 Å². The average Bonchev–Trinajstić information content (AvgIpc) is 2.93. The summed E-state index contributed by atoms with van der Waals surface area (Å²) in [5.74, 6) is 0.789. The first-order valence-electron chi connectivity index (χ1n) is 9.75. The van der Waals surface area contributed by atoms with Crippen LogP contribution in [0, 0.1) is 11.8 Å². The second-order valence-electron chi connectivity index (χ2n) is 8.52. The number of hydrogen-bond acceptors (Lipinski definition) is 3. The Morgan fingerprint density at radius 2 is 2.04 bits per heavy atom. The maximum absolute atomic E-state index is 12.3. The van der Waals surface area contributed by atoms with Gasteiger partial charge in [0.15, 0.2) is 5.78 Å². The van der Waals surface area contributed by atoms with Crippen LogP contribution < -0.4 is 0 Å². The van der Waals surface area contributed by atoms with Crippen LogP contribution in [0.1, 0.15) is 80.1 Å². The molecule has 0 saturated carbocycles. The summed E-state index contributed by atoms with van der Waals surface area (Å²) in [7, 11) is 0. The van der Waals surface area contributed by atoms with E-state index < -0.39 is 0 Å². The second-order valence-corrected chi connectivity index (χ2v) is 8.52. The summed E-state index contributed by atoms with van der Waals surface area (Å²) in [5, 5.41) is 0. The first-order valence-corrected chi connectivity index (χ1v) is 9.75. The molecule has 1 unspecified atom stereocenters. The fraction of sp³-hybridized carbons (Fsp3) is 0.857. The van der Waals surface area contributed by atoms with Gasteiger partial charge < -0.3 is 9.47 Å². The van der Waals surface area contributed by atoms with E-state index >= 15 is 0 Å². The molecule has 24 heavy (non-hydrogen) atoms. The zero-order chi connectivity index (χ0) is 18.0. The standard InChI is InChI=1S/C21H36O3/c1-7-21-12-10-19(24-21)20(6,23-14-21)11-8-9-16(4)18(22)13-17(5)15(2)3/h13,15-16,19H,7-12,14H2,1-6H3/b17-13+/t16?,19-,20+,21+/m1/s1. The Hall–Kier alpha value is -0.670. The van der Waals surface area contributed by atoms with Gasteiger partial charge in [-0.15, -0.1) is 0 Å². The van der Waals surface area contributed by atoms with Crippen molar-refractivity contribution in [3.63, 3.8) is 0 Å². The van der Waals surface area contributed by atoms with E-state index in [9.17, 15) is 4.79 Å². The van der Waals surface area contributed by atoms with Crippen molar-refractivity contribution in [3.05, 3.63) is 11.6 Å². The first kappa shape index (κ1) is 19.7. The summed E-state index contributed by atoms with van der Waals surface area (Å²) in [5.41, 5.74) is 0.971. The lowest BCUT2D eigenvalue weighted by molar-refractivity contribution is -0.241. The van der Waals surface area contributed by atoms with Crippen LogP contribution in [0.3, 0.4) is 0 Å². The molecule has 2 aliphatic heterocycles. The molecule has 3 heteroatoms. The molecule has 138 valence electrons. The summed E-state index contributed by atoms with van der Waals surface area (Å²) in [6, 6.07) is 0. The van der Waals surface area contributed by atoms with Crippen LogP contribution in [-0.4, -0.2) is 29.7 Å². The quantitative estimate of drug-likeness (QED) is 0.580. The summed E-state index contributed by atoms with van der Waals surface area (Å²) in [6.07, 6.45) is 8.23. The van der Waals surface area contributed by atoms with Gasteiger partial charge in [0.1, 0.15) is 0 Å². The predicted octanol–water partition coefficient (Wildman–Crippen LogP) is 5.08. The molecule has 0 aliphatic carbocycles. The van der Waals surface area contributed by atoms with Gasteiger partial charge >= 0.3 is 0 Å². The maximum Gasteiger partial charge on any atom is 0.158 e. The lowest BCUT2D eigenvalue weighted by Crippen LogP contribution is -2.52. The van der Waals surface area contributed by atoms with Crippen LogP contribution in [-0.2, 0) is 14.3 Å². The van der Waals surface area contributed by atoms with Crippen LogP contribution in [0.25, 0.3) is 0 Å². The average molecular weight is 337 g/mol. The molecule has 2 fully saturated rings. The summed E-state index contributed by atoms with van der Waals surface area (Å²) < 4.78 is 12.6. The Balaban J connectivity index is 1.82. The van der Waals surface area contributed by atoms with E-state index in [0.29, 0.717) is 5.92 Å². The highest BCUT2D eigenvalue weighted by atomic mass is 16.6. The minimum Gasteiger partial charge on any atom is -0.370 e. The normalized spacial score (nSPS) is 34.6. The van der Waals surface area contributed by atoms with E-state index in [2.05, 4.69) is 27.7 Å². The van der Waals surface area contributed by atoms with Crippen LogP contribution in [0.4, 0.5) is 0 Å². The maximum atomic E-state index is 12.3. The molecule has 2 heterocycles. The highest BCUT2D eigenvalue weighted by Crippen LogP contribution is 2.46. The molecule has 0 radical (unpaired) electrons. The second kappa shape index (κ2) is 7.70. The van der Waals surface area contributed by atoms with Gasteiger partial charge in [0.25, 0.3) is 0 Å². The molecule has 0 aromatic carbocycles. The van der Waals surface area contributed by atoms with Crippen LogP contribution in [0.5, 0.6) is 0 Å². The Kier molecular flexibility index (Phi) is 6.30. The number of carbonyl (C=O) groups is 1. The fourth-order valence-electron chi connectivity index (χ4n) is 3.77. The topological polar surface area (TPSA) is 35.5 Å². The largest absolute Gasteiger partial charge is 0.370 e. The number of ether oxygens (including phenoxy) is 2. The van der Waals surface area contributed by atoms with Gasteiger partial charge in [0, 0.05) is 5.92 Å². The SMILES string of the molecule is CC[C@@]12CC[C@@H](O1)[C@](C)(CCCC(C)C(=O)/C=C(\C)C(C)C)OC2. The van der Waals surface area contributed by atoms with Crippen molar-refractivity contribution < 1.29 is 14.3 Å². The number of rotatable bonds is 8. The zero-order valence-electron chi connectivity index (χ0n) is 16.5. The van der Waals surface area contributed by atoms with Gasteiger partial charge in [0.05, 0.1) is 23.9 Å². The van der Waals surface area contributed by atoms with Crippen molar-refractivity contribution >= 4 is 5.78 Å². The molecule has 4 atom stereocenters. The van der Waals surface area contributed by atoms with Gasteiger partial charge in [-0.1, -0.05) is 33.3 Å². The summed E-state index contributed by atoms with van der Waals surface area (Å²) >= 11 is 0. The molecule has 0 amide bonds. The third-order valence-corrected chi connectivity index (χ3v) is 6.32. The molecule has 0 N–H and O–H groups in total. The van der Waals surface area contributed by atoms with Gasteiger partial charge in [0.2, 0.25) is 0 Å². The molecule has 0 aromatic heterocycles. The number of carbonyl (C=O) groups excluding carboxylic acids is 1. The van der Waals surface area contributed by atoms with Gasteiger partial charge in [-0.3, -0.25) is 4.79 Å². The van der Waals surface area contributed by atoms with E-state index in [1.165, 1.54) is 5.57 Å². The molecular weight excluding hydrogens is 300 g/mol. The number of ketones is 1. The zero-order valence-corrected chi connectivity index (χ0v) is 16.5. The monoisotopic (exact) mass is 336 g/mol. The molecule has 2 saturated heterocycles. The number of hydrogen-bond donors (Lipinski definition) is 0. The van der Waals surface area contributed by atoms with Crippen molar-refractivity contribution in [3.8, 4) is 0 Å². The fourth-order valence-corrected chi connectivity index (χ4v) is 3.77. The van der Waals surface area contributed by atoms with Crippen molar-refractivity contribution in [2.75, 3.05) is 6.61 Å². The van der Waals surface area contributed by atoms with E-state index in [1.54, 1.807) is 0 Å². The summed E-state index contributed by atoms with van der Waals surface area (Å²) in [6.45, 7) is 13.5. The van der Waals surface area contributed by atoms with Crippen LogP contribution in [0.2, 0.25) is 0 Å². The van der Waals surface area contributed by atoms with Crippen molar-refractivity contribution in [2.24, 2.45) is 11.8 Å². The lowest BCUT2D eigenvalue weighted by Gasteiger charge is -2.44. The molecule has 0 spiro atoms. The van der Waals surface area contributed by atoms with E-state index in [-0.39, 0.29) is 29.0 Å². The van der Waals surface area contributed by atoms with E-state index in [0.717, 1.165) is 45.1 Å². The van der Waals surface area contributed by atoms with Crippen molar-refractivity contribution in [1.82, 2.24) is 0 Å². The van der Waals surface area contributed by atoms with Gasteiger partial charge in [-0.05, 0) is 64.4 Å². The van der Waals surface area contributed by atoms with Crippen molar-refractivity contribution in [1.29, 1.82) is 0 Å². The molecule has 2 bridgehead atoms. The minimum absolute atomic E-state index is 0.0212. The minimum atomic E-state index is -0.179.